The Bertz CT molecular complexity index is 2430. The van der Waals surface area contributed by atoms with E-state index in [9.17, 15) is 28.0 Å². The minimum Gasteiger partial charge on any atom is -0.380 e. The molecule has 3 atom stereocenters. The van der Waals surface area contributed by atoms with E-state index in [1.807, 2.05) is 24.3 Å². The van der Waals surface area contributed by atoms with Gasteiger partial charge in [0.05, 0.1) is 36.5 Å². The molecule has 2 unspecified atom stereocenters. The maximum absolute atomic E-state index is 14.3. The second kappa shape index (κ2) is 17.5. The Morgan fingerprint density at radius 3 is 2.69 bits per heavy atom. The summed E-state index contributed by atoms with van der Waals surface area (Å²) < 4.78 is 45.0. The van der Waals surface area contributed by atoms with Crippen LogP contribution in [-0.2, 0) is 32.5 Å². The number of ether oxygens (including phenoxy) is 2. The molecule has 3 saturated heterocycles. The van der Waals surface area contributed by atoms with Gasteiger partial charge in [0.1, 0.15) is 29.3 Å². The van der Waals surface area contributed by atoms with Gasteiger partial charge in [-0.3, -0.25) is 38.7 Å². The van der Waals surface area contributed by atoms with Crippen LogP contribution < -0.4 is 21.2 Å². The lowest BCUT2D eigenvalue weighted by molar-refractivity contribution is -0.135. The number of aromatic nitrogens is 5. The summed E-state index contributed by atoms with van der Waals surface area (Å²) in [5, 5.41) is 9.25. The number of para-hydroxylation sites is 1. The Balaban J connectivity index is 0.789. The number of amides is 3. The SMILES string of the molecule is Cn1c(=O)n(C2CCC(=O)NC2=O)c2cccc(CC[C@@H]3CN(CC4CCC(C5N=C(NC(=O)c6cnn7ccc(N8CCCOCC8)nc67)C(C(F)F)=N5)CC4)CCO3)c21. The molecule has 19 heteroatoms. The Hall–Kier alpha value is -5.40. The molecule has 4 fully saturated rings. The van der Waals surface area contributed by atoms with E-state index in [0.717, 1.165) is 75.8 Å². The van der Waals surface area contributed by atoms with Crippen molar-refractivity contribution in [2.75, 3.05) is 57.4 Å². The van der Waals surface area contributed by atoms with Gasteiger partial charge in [0.25, 0.3) is 12.3 Å². The first kappa shape index (κ1) is 41.0. The van der Waals surface area contributed by atoms with E-state index in [2.05, 4.69) is 35.5 Å². The van der Waals surface area contributed by atoms with Crippen molar-refractivity contribution in [1.29, 1.82) is 0 Å². The fraction of sp³-hybridized carbons (Fsp3) is 0.571. The van der Waals surface area contributed by atoms with Gasteiger partial charge in [-0.05, 0) is 75.0 Å². The second-order valence-corrected chi connectivity index (χ2v) is 16.8. The number of fused-ring (bicyclic) bond motifs is 2. The summed E-state index contributed by atoms with van der Waals surface area (Å²) in [6, 6.07) is 6.86. The Morgan fingerprint density at radius 1 is 1.02 bits per heavy atom. The van der Waals surface area contributed by atoms with E-state index in [0.29, 0.717) is 55.7 Å². The lowest BCUT2D eigenvalue weighted by Gasteiger charge is -2.37. The molecular weight excluding hydrogens is 793 g/mol. The molecule has 3 amide bonds. The molecule has 0 radical (unpaired) electrons. The number of imidazole rings is 1. The summed E-state index contributed by atoms with van der Waals surface area (Å²) in [6.45, 7) is 5.81. The Kier molecular flexibility index (Phi) is 11.8. The number of carbonyl (C=O) groups excluding carboxylic acids is 3. The van der Waals surface area contributed by atoms with Crippen molar-refractivity contribution in [3.8, 4) is 0 Å². The van der Waals surface area contributed by atoms with Crippen molar-refractivity contribution in [2.24, 2.45) is 28.9 Å². The van der Waals surface area contributed by atoms with Gasteiger partial charge >= 0.3 is 5.69 Å². The Labute approximate surface area is 350 Å². The molecule has 9 rings (SSSR count). The second-order valence-electron chi connectivity index (χ2n) is 16.8. The number of hydrogen-bond acceptors (Lipinski definition) is 12. The number of carbonyl (C=O) groups is 3. The van der Waals surface area contributed by atoms with E-state index >= 15 is 0 Å². The van der Waals surface area contributed by atoms with Crippen molar-refractivity contribution < 1.29 is 32.6 Å². The number of alkyl halides is 2. The van der Waals surface area contributed by atoms with Gasteiger partial charge in [0.15, 0.2) is 11.5 Å². The van der Waals surface area contributed by atoms with Crippen LogP contribution in [0.15, 0.2) is 51.4 Å². The zero-order chi connectivity index (χ0) is 42.2. The molecule has 0 spiro atoms. The van der Waals surface area contributed by atoms with Crippen molar-refractivity contribution in [3.05, 3.63) is 58.3 Å². The third-order valence-corrected chi connectivity index (χ3v) is 12.9. The number of piperidine rings is 1. The van der Waals surface area contributed by atoms with E-state index < -0.39 is 36.2 Å². The van der Waals surface area contributed by atoms with Crippen molar-refractivity contribution in [2.45, 2.75) is 82.5 Å². The third kappa shape index (κ3) is 8.46. The largest absolute Gasteiger partial charge is 0.380 e. The lowest BCUT2D eigenvalue weighted by atomic mass is 9.80. The highest BCUT2D eigenvalue weighted by atomic mass is 19.3. The summed E-state index contributed by atoms with van der Waals surface area (Å²) in [4.78, 5) is 69.5. The summed E-state index contributed by atoms with van der Waals surface area (Å²) in [7, 11) is 1.72. The van der Waals surface area contributed by atoms with Gasteiger partial charge in [-0.2, -0.15) is 5.10 Å². The quantitative estimate of drug-likeness (QED) is 0.226. The van der Waals surface area contributed by atoms with Crippen LogP contribution in [0.25, 0.3) is 16.7 Å². The minimum absolute atomic E-state index is 0.00564. The van der Waals surface area contributed by atoms with Crippen LogP contribution in [0.2, 0.25) is 0 Å². The molecule has 0 bridgehead atoms. The molecule has 3 aromatic heterocycles. The molecule has 61 heavy (non-hydrogen) atoms. The van der Waals surface area contributed by atoms with Gasteiger partial charge in [-0.15, -0.1) is 0 Å². The minimum atomic E-state index is -2.90. The first-order chi connectivity index (χ1) is 29.6. The summed E-state index contributed by atoms with van der Waals surface area (Å²) in [6.07, 6.45) is 5.71. The highest BCUT2D eigenvalue weighted by Crippen LogP contribution is 2.35. The molecule has 2 N–H and O–H groups in total. The third-order valence-electron chi connectivity index (χ3n) is 12.9. The van der Waals surface area contributed by atoms with Crippen LogP contribution in [0.3, 0.4) is 0 Å². The van der Waals surface area contributed by atoms with Crippen molar-refractivity contribution >= 4 is 51.8 Å². The average Bonchev–Trinajstić information content (AvgIpc) is 3.87. The highest BCUT2D eigenvalue weighted by Gasteiger charge is 2.37. The normalized spacial score (nSPS) is 25.5. The molecule has 4 aliphatic heterocycles. The number of nitrogens with one attached hydrogen (secondary N) is 2. The fourth-order valence-electron chi connectivity index (χ4n) is 9.67. The fourth-order valence-corrected chi connectivity index (χ4v) is 9.67. The van der Waals surface area contributed by atoms with Crippen molar-refractivity contribution in [1.82, 2.24) is 39.3 Å². The van der Waals surface area contributed by atoms with Crippen LogP contribution >= 0.6 is 0 Å². The number of aryl methyl sites for hydroxylation is 2. The van der Waals surface area contributed by atoms with Crippen LogP contribution in [0.5, 0.6) is 0 Å². The van der Waals surface area contributed by atoms with E-state index in [1.165, 1.54) is 15.3 Å². The number of anilines is 1. The summed E-state index contributed by atoms with van der Waals surface area (Å²) in [5.74, 6) is -0.490. The number of morpholine rings is 1. The number of rotatable bonds is 10. The molecule has 4 aromatic rings. The lowest BCUT2D eigenvalue weighted by Crippen LogP contribution is -2.45. The molecule has 7 heterocycles. The molecule has 5 aliphatic rings. The predicted molar refractivity (Wildman–Crippen MR) is 221 cm³/mol. The van der Waals surface area contributed by atoms with Crippen LogP contribution in [0.4, 0.5) is 14.6 Å². The molecule has 1 aromatic carbocycles. The number of amidine groups is 1. The van der Waals surface area contributed by atoms with Gasteiger partial charge in [-0.25, -0.2) is 28.1 Å². The van der Waals surface area contributed by atoms with Gasteiger partial charge < -0.3 is 19.7 Å². The summed E-state index contributed by atoms with van der Waals surface area (Å²) in [5.41, 5.74) is 2.15. The maximum Gasteiger partial charge on any atom is 0.329 e. The van der Waals surface area contributed by atoms with E-state index in [1.54, 1.807) is 17.8 Å². The first-order valence-corrected chi connectivity index (χ1v) is 21.4. The number of imide groups is 1. The van der Waals surface area contributed by atoms with Crippen LogP contribution in [-0.4, -0.2) is 129 Å². The van der Waals surface area contributed by atoms with Gasteiger partial charge in [-0.1, -0.05) is 12.1 Å². The first-order valence-electron chi connectivity index (χ1n) is 21.4. The number of benzene rings is 1. The van der Waals surface area contributed by atoms with Gasteiger partial charge in [0.2, 0.25) is 11.8 Å². The highest BCUT2D eigenvalue weighted by molar-refractivity contribution is 6.46. The van der Waals surface area contributed by atoms with Crippen LogP contribution in [0.1, 0.15) is 73.3 Å². The summed E-state index contributed by atoms with van der Waals surface area (Å²) >= 11 is 0. The van der Waals surface area contributed by atoms with Crippen molar-refractivity contribution in [3.63, 3.8) is 0 Å². The smallest absolute Gasteiger partial charge is 0.329 e. The maximum atomic E-state index is 14.3. The molecule has 1 aliphatic carbocycles. The number of aliphatic imine (C=N–C) groups is 2. The molecule has 1 saturated carbocycles. The number of hydrogen-bond donors (Lipinski definition) is 2. The monoisotopic (exact) mass is 843 g/mol. The zero-order valence-electron chi connectivity index (χ0n) is 34.2. The Morgan fingerprint density at radius 2 is 1.87 bits per heavy atom. The molecular formula is C42H51F2N11O6. The molecule has 324 valence electrons. The predicted octanol–water partition coefficient (Wildman–Crippen LogP) is 2.90. The zero-order valence-corrected chi connectivity index (χ0v) is 34.2. The van der Waals surface area contributed by atoms with E-state index in [-0.39, 0.29) is 47.9 Å². The van der Waals surface area contributed by atoms with Gasteiger partial charge in [0, 0.05) is 64.9 Å². The topological polar surface area (TPSA) is 182 Å². The van der Waals surface area contributed by atoms with E-state index in [4.69, 9.17) is 14.5 Å². The number of halogens is 2. The number of nitrogens with zero attached hydrogens (tertiary/aromatic N) is 9. The average molecular weight is 844 g/mol. The van der Waals surface area contributed by atoms with Crippen LogP contribution in [0, 0.1) is 11.8 Å². The molecule has 17 nitrogen and oxygen atoms in total. The standard InChI is InChI=1S/C42H51F2N11O6/c1-51-35-26(4-2-5-30(35)55(42(51)59)31-12-13-33(56)47-41(31)58)10-11-28-24-52(17-21-61-28)23-25-6-8-27(9-7-25)37-48-34(36(43)44)38(49-37)50-40(57)29-22-45-54-16-14-32(46-39(29)54)53-15-3-19-60-20-18-53/h2,4-5,14,16,22,25,27-28,31,36-37H,3,6-13,15,17-21,23-24H2,1H3,(H,47,56,58)(H,49,50,57)/t25?,27?,28-,31?,37?/m1/s1.